The summed E-state index contributed by atoms with van der Waals surface area (Å²) in [5.74, 6) is -0.623. The Morgan fingerprint density at radius 2 is 1.87 bits per heavy atom. The van der Waals surface area contributed by atoms with Gasteiger partial charge in [-0.3, -0.25) is 4.90 Å². The van der Waals surface area contributed by atoms with Crippen molar-refractivity contribution >= 4 is 27.8 Å². The Bertz CT molecular complexity index is 1110. The zero-order valence-electron chi connectivity index (χ0n) is 16.9. The lowest BCUT2D eigenvalue weighted by Crippen LogP contribution is -2.50. The Balaban J connectivity index is 1.55. The lowest BCUT2D eigenvalue weighted by Gasteiger charge is -2.40. The number of hydrogen-bond acceptors (Lipinski definition) is 6. The van der Waals surface area contributed by atoms with Crippen LogP contribution in [0.4, 0.5) is 10.5 Å². The first-order valence-corrected chi connectivity index (χ1v) is 11.2. The average Bonchev–Trinajstić information content (AvgIpc) is 2.78. The molecule has 2 aliphatic heterocycles. The van der Waals surface area contributed by atoms with E-state index in [1.165, 1.54) is 29.6 Å². The summed E-state index contributed by atoms with van der Waals surface area (Å²) in [5.41, 5.74) is 1.41. The second kappa shape index (κ2) is 8.20. The topological polar surface area (TPSA) is 113 Å². The Morgan fingerprint density at radius 3 is 2.55 bits per heavy atom. The third-order valence-electron chi connectivity index (χ3n) is 5.60. The highest BCUT2D eigenvalue weighted by Crippen LogP contribution is 2.39. The van der Waals surface area contributed by atoms with Crippen LogP contribution in [-0.2, 0) is 21.4 Å². The van der Waals surface area contributed by atoms with Gasteiger partial charge in [-0.05, 0) is 37.1 Å². The number of carbonyl (C=O) groups excluding carboxylic acids is 1. The number of piperidine rings is 1. The average molecular weight is 446 g/mol. The van der Waals surface area contributed by atoms with Gasteiger partial charge in [0.2, 0.25) is 10.0 Å². The number of methoxy groups -OCH3 is 1. The second-order valence-electron chi connectivity index (χ2n) is 7.36. The number of para-hydroxylation sites is 1. The summed E-state index contributed by atoms with van der Waals surface area (Å²) >= 11 is 0. The van der Waals surface area contributed by atoms with Gasteiger partial charge in [0.05, 0.1) is 23.3 Å². The van der Waals surface area contributed by atoms with Crippen molar-refractivity contribution in [3.63, 3.8) is 0 Å². The van der Waals surface area contributed by atoms with E-state index in [4.69, 9.17) is 14.6 Å². The van der Waals surface area contributed by atoms with E-state index in [0.717, 1.165) is 11.6 Å². The lowest BCUT2D eigenvalue weighted by atomic mass is 10.0. The first-order chi connectivity index (χ1) is 14.8. The number of cyclic esters (lactones) is 1. The number of nitrogens with zero attached hydrogens (tertiary/aromatic N) is 2. The van der Waals surface area contributed by atoms with Gasteiger partial charge in [-0.25, -0.2) is 18.0 Å². The van der Waals surface area contributed by atoms with Crippen molar-refractivity contribution in [2.75, 3.05) is 25.1 Å². The molecule has 1 amide bonds. The molecule has 0 unspecified atom stereocenters. The molecule has 1 fully saturated rings. The standard InChI is InChI=1S/C21H22N2O7S/c1-29-18-7-3-5-15-13-30-21(26)23(19(15)18)16-8-10-22(11-9-16)31(27,28)17-6-2-4-14(12-17)20(24)25/h2-7,12,16H,8-11,13H2,1H3,(H,24,25). The van der Waals surface area contributed by atoms with Crippen LogP contribution in [0, 0.1) is 0 Å². The third kappa shape index (κ3) is 3.84. The number of rotatable bonds is 5. The number of amides is 1. The van der Waals surface area contributed by atoms with Crippen LogP contribution < -0.4 is 9.64 Å². The summed E-state index contributed by atoms with van der Waals surface area (Å²) in [5, 5.41) is 9.14. The van der Waals surface area contributed by atoms with Crippen LogP contribution in [0.3, 0.4) is 0 Å². The molecule has 10 heteroatoms. The van der Waals surface area contributed by atoms with Gasteiger partial charge < -0.3 is 14.6 Å². The fourth-order valence-corrected chi connectivity index (χ4v) is 5.55. The minimum atomic E-state index is -3.85. The number of sulfonamides is 1. The van der Waals surface area contributed by atoms with Crippen LogP contribution in [0.5, 0.6) is 5.75 Å². The van der Waals surface area contributed by atoms with E-state index in [1.807, 2.05) is 12.1 Å². The molecule has 4 rings (SSSR count). The molecule has 0 spiro atoms. The summed E-state index contributed by atoms with van der Waals surface area (Å²) in [4.78, 5) is 25.3. The van der Waals surface area contributed by atoms with Crippen molar-refractivity contribution < 1.29 is 32.6 Å². The predicted molar refractivity (Wildman–Crippen MR) is 111 cm³/mol. The molecule has 0 bridgehead atoms. The molecule has 2 aliphatic rings. The number of carbonyl (C=O) groups is 2. The molecule has 1 N–H and O–H groups in total. The van der Waals surface area contributed by atoms with Gasteiger partial charge >= 0.3 is 12.1 Å². The summed E-state index contributed by atoms with van der Waals surface area (Å²) in [6.45, 7) is 0.548. The number of carboxylic acid groups (broad SMARTS) is 1. The number of benzene rings is 2. The third-order valence-corrected chi connectivity index (χ3v) is 7.49. The van der Waals surface area contributed by atoms with E-state index in [-0.39, 0.29) is 36.2 Å². The van der Waals surface area contributed by atoms with E-state index in [0.29, 0.717) is 24.3 Å². The van der Waals surface area contributed by atoms with Gasteiger partial charge in [0, 0.05) is 24.7 Å². The summed E-state index contributed by atoms with van der Waals surface area (Å²) < 4.78 is 38.1. The fraction of sp³-hybridized carbons (Fsp3) is 0.333. The van der Waals surface area contributed by atoms with E-state index < -0.39 is 22.1 Å². The Labute approximate surface area is 179 Å². The van der Waals surface area contributed by atoms with Crippen molar-refractivity contribution in [3.8, 4) is 5.75 Å². The molecule has 2 aromatic carbocycles. The SMILES string of the molecule is COc1cccc2c1N(C1CCN(S(=O)(=O)c3cccc(C(=O)O)c3)CC1)C(=O)OC2. The Hall–Kier alpha value is -3.11. The number of anilines is 1. The first kappa shape index (κ1) is 21.1. The van der Waals surface area contributed by atoms with Crippen LogP contribution in [0.25, 0.3) is 0 Å². The van der Waals surface area contributed by atoms with Crippen LogP contribution in [0.2, 0.25) is 0 Å². The molecular weight excluding hydrogens is 424 g/mol. The molecule has 0 aromatic heterocycles. The van der Waals surface area contributed by atoms with Gasteiger partial charge in [-0.2, -0.15) is 4.31 Å². The van der Waals surface area contributed by atoms with E-state index in [1.54, 1.807) is 11.0 Å². The molecule has 31 heavy (non-hydrogen) atoms. The van der Waals surface area contributed by atoms with E-state index in [9.17, 15) is 18.0 Å². The summed E-state index contributed by atoms with van der Waals surface area (Å²) in [6, 6.07) is 10.5. The van der Waals surface area contributed by atoms with Crippen LogP contribution in [-0.4, -0.2) is 56.1 Å². The zero-order chi connectivity index (χ0) is 22.2. The minimum absolute atomic E-state index is 0.0600. The molecule has 0 atom stereocenters. The molecule has 2 heterocycles. The summed E-state index contributed by atoms with van der Waals surface area (Å²) in [7, 11) is -2.31. The van der Waals surface area contributed by atoms with Crippen LogP contribution in [0.15, 0.2) is 47.4 Å². The number of aromatic carboxylic acids is 1. The Kier molecular flexibility index (Phi) is 5.59. The van der Waals surface area contributed by atoms with Crippen molar-refractivity contribution in [2.24, 2.45) is 0 Å². The van der Waals surface area contributed by atoms with Crippen molar-refractivity contribution in [1.29, 1.82) is 0 Å². The van der Waals surface area contributed by atoms with Crippen molar-refractivity contribution in [1.82, 2.24) is 4.31 Å². The highest BCUT2D eigenvalue weighted by Gasteiger charge is 2.38. The van der Waals surface area contributed by atoms with Gasteiger partial charge in [-0.1, -0.05) is 18.2 Å². The zero-order valence-corrected chi connectivity index (χ0v) is 17.7. The van der Waals surface area contributed by atoms with Gasteiger partial charge in [0.15, 0.2) is 0 Å². The molecular formula is C21H22N2O7S. The smallest absolute Gasteiger partial charge is 0.415 e. The van der Waals surface area contributed by atoms with Gasteiger partial charge in [0.25, 0.3) is 0 Å². The molecule has 164 valence electrons. The maximum absolute atomic E-state index is 13.0. The molecule has 9 nitrogen and oxygen atoms in total. The number of hydrogen-bond donors (Lipinski definition) is 1. The van der Waals surface area contributed by atoms with Gasteiger partial charge in [0.1, 0.15) is 12.4 Å². The second-order valence-corrected chi connectivity index (χ2v) is 9.30. The molecule has 0 aliphatic carbocycles. The van der Waals surface area contributed by atoms with Gasteiger partial charge in [-0.15, -0.1) is 0 Å². The quantitative estimate of drug-likeness (QED) is 0.751. The highest BCUT2D eigenvalue weighted by atomic mass is 32.2. The molecule has 2 aromatic rings. The van der Waals surface area contributed by atoms with Crippen LogP contribution >= 0.6 is 0 Å². The molecule has 0 saturated carbocycles. The molecule has 0 radical (unpaired) electrons. The van der Waals surface area contributed by atoms with E-state index >= 15 is 0 Å². The molecule has 1 saturated heterocycles. The van der Waals surface area contributed by atoms with E-state index in [2.05, 4.69) is 0 Å². The monoisotopic (exact) mass is 446 g/mol. The van der Waals surface area contributed by atoms with Crippen molar-refractivity contribution in [3.05, 3.63) is 53.6 Å². The number of ether oxygens (including phenoxy) is 2. The number of carboxylic acids is 1. The number of fused-ring (bicyclic) bond motifs is 1. The fourth-order valence-electron chi connectivity index (χ4n) is 4.03. The first-order valence-electron chi connectivity index (χ1n) is 9.78. The lowest BCUT2D eigenvalue weighted by molar-refractivity contribution is 0.0696. The minimum Gasteiger partial charge on any atom is -0.495 e. The van der Waals surface area contributed by atoms with Crippen molar-refractivity contribution in [2.45, 2.75) is 30.4 Å². The Morgan fingerprint density at radius 1 is 1.16 bits per heavy atom. The predicted octanol–water partition coefficient (Wildman–Crippen LogP) is 2.70. The largest absolute Gasteiger partial charge is 0.495 e. The maximum Gasteiger partial charge on any atom is 0.415 e. The van der Waals surface area contributed by atoms with Crippen LogP contribution in [0.1, 0.15) is 28.8 Å². The maximum atomic E-state index is 13.0. The highest BCUT2D eigenvalue weighted by molar-refractivity contribution is 7.89. The summed E-state index contributed by atoms with van der Waals surface area (Å²) in [6.07, 6.45) is 0.335. The normalized spacial score (nSPS) is 17.7.